The lowest BCUT2D eigenvalue weighted by Crippen LogP contribution is -2.35. The molecule has 1 aromatic rings. The van der Waals surface area contributed by atoms with Gasteiger partial charge in [-0.15, -0.1) is 0 Å². The van der Waals surface area contributed by atoms with E-state index in [1.165, 1.54) is 5.56 Å². The third-order valence-corrected chi connectivity index (χ3v) is 6.04. The summed E-state index contributed by atoms with van der Waals surface area (Å²) in [5.74, 6) is 1.11. The van der Waals surface area contributed by atoms with Crippen LogP contribution in [0.3, 0.4) is 0 Å². The van der Waals surface area contributed by atoms with Gasteiger partial charge in [-0.2, -0.15) is 11.8 Å². The number of aliphatic hydroxyl groups is 1. The third kappa shape index (κ3) is 7.93. The molecule has 2 rings (SSSR count). The van der Waals surface area contributed by atoms with Gasteiger partial charge >= 0.3 is 5.97 Å². The number of carboxylic acid groups (broad SMARTS) is 1. The van der Waals surface area contributed by atoms with Crippen LogP contribution in [0.4, 0.5) is 0 Å². The van der Waals surface area contributed by atoms with Crippen LogP contribution in [0.15, 0.2) is 24.3 Å². The molecule has 0 unspecified atom stereocenters. The minimum Gasteiger partial charge on any atom is -0.481 e. The van der Waals surface area contributed by atoms with Gasteiger partial charge in [-0.1, -0.05) is 29.8 Å². The van der Waals surface area contributed by atoms with Crippen molar-refractivity contribution in [3.05, 3.63) is 35.4 Å². The molecule has 6 heteroatoms. The van der Waals surface area contributed by atoms with Crippen molar-refractivity contribution in [1.29, 1.82) is 0 Å². The maximum atomic E-state index is 12.1. The van der Waals surface area contributed by atoms with Gasteiger partial charge in [0.1, 0.15) is 0 Å². The molecule has 1 heterocycles. The predicted octanol–water partition coefficient (Wildman–Crippen LogP) is 3.27. The Hall–Kier alpha value is -1.53. The van der Waals surface area contributed by atoms with Gasteiger partial charge in [0.2, 0.25) is 5.91 Å². The fourth-order valence-electron chi connectivity index (χ4n) is 3.59. The van der Waals surface area contributed by atoms with Gasteiger partial charge in [-0.05, 0) is 50.3 Å². The molecule has 0 bridgehead atoms. The van der Waals surface area contributed by atoms with Crippen LogP contribution in [-0.4, -0.2) is 57.2 Å². The van der Waals surface area contributed by atoms with Gasteiger partial charge in [0.15, 0.2) is 0 Å². The first-order valence-electron chi connectivity index (χ1n) is 9.78. The number of nitrogens with zero attached hydrogens (tertiary/aromatic N) is 1. The average molecular weight is 394 g/mol. The number of aryl methyl sites for hydroxylation is 1. The monoisotopic (exact) mass is 393 g/mol. The molecule has 1 amide bonds. The minimum atomic E-state index is -0.755. The van der Waals surface area contributed by atoms with Crippen LogP contribution in [0.1, 0.15) is 49.7 Å². The van der Waals surface area contributed by atoms with Crippen molar-refractivity contribution in [2.45, 2.75) is 64.0 Å². The third-order valence-electron chi connectivity index (χ3n) is 5.00. The molecule has 150 valence electrons. The van der Waals surface area contributed by atoms with E-state index in [-0.39, 0.29) is 24.5 Å². The van der Waals surface area contributed by atoms with Crippen LogP contribution in [0.5, 0.6) is 0 Å². The second kappa shape index (κ2) is 11.3. The average Bonchev–Trinajstić information content (AvgIpc) is 2.96. The number of carbonyl (C=O) groups is 2. The molecule has 5 nitrogen and oxygen atoms in total. The van der Waals surface area contributed by atoms with Crippen molar-refractivity contribution in [3.8, 4) is 0 Å². The molecule has 0 spiro atoms. The van der Waals surface area contributed by atoms with Crippen LogP contribution in [0.2, 0.25) is 0 Å². The summed E-state index contributed by atoms with van der Waals surface area (Å²) >= 11 is 1.71. The molecule has 0 aliphatic carbocycles. The van der Waals surface area contributed by atoms with E-state index in [1.807, 2.05) is 17.0 Å². The van der Waals surface area contributed by atoms with Crippen molar-refractivity contribution in [1.82, 2.24) is 4.90 Å². The van der Waals surface area contributed by atoms with Crippen molar-refractivity contribution in [2.75, 3.05) is 18.1 Å². The maximum Gasteiger partial charge on any atom is 0.303 e. The highest BCUT2D eigenvalue weighted by atomic mass is 32.2. The lowest BCUT2D eigenvalue weighted by atomic mass is 9.99. The molecular formula is C21H31NO4S. The van der Waals surface area contributed by atoms with Crippen LogP contribution in [0, 0.1) is 6.92 Å². The van der Waals surface area contributed by atoms with E-state index in [4.69, 9.17) is 5.11 Å². The Morgan fingerprint density at radius 3 is 2.93 bits per heavy atom. The summed E-state index contributed by atoms with van der Waals surface area (Å²) < 4.78 is 0. The number of carbonyl (C=O) groups excluding carboxylic acids is 1. The lowest BCUT2D eigenvalue weighted by Gasteiger charge is -2.25. The number of benzene rings is 1. The molecular weight excluding hydrogens is 362 g/mol. The largest absolute Gasteiger partial charge is 0.481 e. The molecule has 1 aromatic carbocycles. The first-order chi connectivity index (χ1) is 13.0. The summed E-state index contributed by atoms with van der Waals surface area (Å²) in [6.07, 6.45) is 4.16. The lowest BCUT2D eigenvalue weighted by molar-refractivity contribution is -0.137. The minimum absolute atomic E-state index is 0.205. The molecule has 1 aliphatic rings. The number of amides is 1. The van der Waals surface area contributed by atoms with E-state index in [0.29, 0.717) is 25.7 Å². The van der Waals surface area contributed by atoms with Crippen molar-refractivity contribution < 1.29 is 19.8 Å². The van der Waals surface area contributed by atoms with Crippen LogP contribution >= 0.6 is 11.8 Å². The summed E-state index contributed by atoms with van der Waals surface area (Å²) in [4.78, 5) is 24.6. The molecule has 0 aromatic heterocycles. The van der Waals surface area contributed by atoms with Gasteiger partial charge < -0.3 is 15.1 Å². The summed E-state index contributed by atoms with van der Waals surface area (Å²) in [7, 11) is 0. The van der Waals surface area contributed by atoms with E-state index in [9.17, 15) is 14.7 Å². The molecule has 0 radical (unpaired) electrons. The van der Waals surface area contributed by atoms with Gasteiger partial charge in [0, 0.05) is 31.2 Å². The van der Waals surface area contributed by atoms with Gasteiger partial charge in [0.05, 0.1) is 6.10 Å². The fraction of sp³-hybridized carbons (Fsp3) is 0.619. The number of aliphatic hydroxyl groups excluding tert-OH is 1. The van der Waals surface area contributed by atoms with E-state index in [2.05, 4.69) is 19.1 Å². The number of thioether (sulfide) groups is 1. The second-order valence-electron chi connectivity index (χ2n) is 7.31. The number of hydrogen-bond donors (Lipinski definition) is 2. The summed E-state index contributed by atoms with van der Waals surface area (Å²) in [6, 6.07) is 8.45. The Morgan fingerprint density at radius 1 is 1.37 bits per heavy atom. The van der Waals surface area contributed by atoms with E-state index < -0.39 is 5.97 Å². The van der Waals surface area contributed by atoms with Crippen molar-refractivity contribution >= 4 is 23.6 Å². The molecule has 27 heavy (non-hydrogen) atoms. The summed E-state index contributed by atoms with van der Waals surface area (Å²) in [5.41, 5.74) is 2.35. The van der Waals surface area contributed by atoms with E-state index >= 15 is 0 Å². The Bertz CT molecular complexity index is 622. The molecule has 1 fully saturated rings. The Balaban J connectivity index is 1.69. The first kappa shape index (κ1) is 21.8. The number of hydrogen-bond acceptors (Lipinski definition) is 4. The quantitative estimate of drug-likeness (QED) is 0.533. The van der Waals surface area contributed by atoms with Crippen LogP contribution < -0.4 is 0 Å². The van der Waals surface area contributed by atoms with Gasteiger partial charge in [0.25, 0.3) is 0 Å². The second-order valence-corrected chi connectivity index (χ2v) is 8.54. The van der Waals surface area contributed by atoms with E-state index in [0.717, 1.165) is 36.5 Å². The Kier molecular flexibility index (Phi) is 9.15. The summed E-state index contributed by atoms with van der Waals surface area (Å²) in [6.45, 7) is 2.77. The number of likely N-dealkylation sites (tertiary alicyclic amines) is 1. The highest BCUT2D eigenvalue weighted by molar-refractivity contribution is 7.99. The highest BCUT2D eigenvalue weighted by Crippen LogP contribution is 2.24. The van der Waals surface area contributed by atoms with Crippen LogP contribution in [-0.2, 0) is 16.0 Å². The van der Waals surface area contributed by atoms with Crippen LogP contribution in [0.25, 0.3) is 0 Å². The topological polar surface area (TPSA) is 77.8 Å². The first-order valence-corrected chi connectivity index (χ1v) is 10.9. The Morgan fingerprint density at radius 2 is 2.19 bits per heavy atom. The molecule has 0 saturated carbocycles. The van der Waals surface area contributed by atoms with Gasteiger partial charge in [-0.25, -0.2) is 0 Å². The molecule has 2 N–H and O–H groups in total. The number of aliphatic carboxylic acids is 1. The summed E-state index contributed by atoms with van der Waals surface area (Å²) in [5, 5.41) is 19.0. The fourth-order valence-corrected chi connectivity index (χ4v) is 4.47. The zero-order chi connectivity index (χ0) is 19.6. The van der Waals surface area contributed by atoms with Crippen molar-refractivity contribution in [2.24, 2.45) is 0 Å². The zero-order valence-corrected chi connectivity index (χ0v) is 16.9. The van der Waals surface area contributed by atoms with E-state index in [1.54, 1.807) is 11.8 Å². The SMILES string of the molecule is Cc1cccc(C[C@H](O)CC[C@H]2CCC(=O)N2CCSCCCC(=O)O)c1. The zero-order valence-electron chi connectivity index (χ0n) is 16.1. The number of rotatable bonds is 12. The smallest absolute Gasteiger partial charge is 0.303 e. The Labute approximate surface area is 166 Å². The normalized spacial score (nSPS) is 18.1. The highest BCUT2D eigenvalue weighted by Gasteiger charge is 2.30. The molecule has 1 aliphatic heterocycles. The predicted molar refractivity (Wildman–Crippen MR) is 109 cm³/mol. The maximum absolute atomic E-state index is 12.1. The van der Waals surface area contributed by atoms with Gasteiger partial charge in [-0.3, -0.25) is 9.59 Å². The molecule has 2 atom stereocenters. The molecule has 1 saturated heterocycles. The standard InChI is InChI=1S/C21H31NO4S/c1-16-4-2-5-17(14-16)15-19(23)9-7-18-8-10-20(24)22(18)11-13-27-12-3-6-21(25)26/h2,4-5,14,18-19,23H,3,6-13,15H2,1H3,(H,25,26)/t18-,19+/m0/s1. The van der Waals surface area contributed by atoms with Crippen molar-refractivity contribution in [3.63, 3.8) is 0 Å². The number of carboxylic acids is 1.